The first-order valence-corrected chi connectivity index (χ1v) is 8.32. The molecule has 23 heavy (non-hydrogen) atoms. The highest BCUT2D eigenvalue weighted by Gasteiger charge is 2.33. The smallest absolute Gasteiger partial charge is 0.251 e. The van der Waals surface area contributed by atoms with E-state index >= 15 is 0 Å². The molecule has 0 fully saturated rings. The molecule has 0 spiro atoms. The molecule has 0 saturated carbocycles. The van der Waals surface area contributed by atoms with E-state index in [1.54, 1.807) is 0 Å². The number of aromatic nitrogens is 1. The molecule has 2 aromatic rings. The second-order valence-electron chi connectivity index (χ2n) is 7.61. The van der Waals surface area contributed by atoms with Crippen LogP contribution in [0.3, 0.4) is 0 Å². The van der Waals surface area contributed by atoms with Crippen molar-refractivity contribution >= 4 is 5.57 Å². The summed E-state index contributed by atoms with van der Waals surface area (Å²) in [7, 11) is 0. The van der Waals surface area contributed by atoms with Crippen molar-refractivity contribution in [1.29, 1.82) is 0 Å². The lowest BCUT2D eigenvalue weighted by atomic mass is 9.89. The lowest BCUT2D eigenvalue weighted by Crippen LogP contribution is -2.22. The Bertz CT molecular complexity index is 824. The number of pyridine rings is 1. The number of rotatable bonds is 3. The van der Waals surface area contributed by atoms with Gasteiger partial charge < -0.3 is 4.98 Å². The molecule has 0 saturated heterocycles. The van der Waals surface area contributed by atoms with Gasteiger partial charge in [0.25, 0.3) is 5.56 Å². The molecule has 1 heterocycles. The summed E-state index contributed by atoms with van der Waals surface area (Å²) in [5.74, 6) is 0.452. The summed E-state index contributed by atoms with van der Waals surface area (Å²) in [5, 5.41) is 0. The van der Waals surface area contributed by atoms with Gasteiger partial charge in [0.2, 0.25) is 0 Å². The maximum Gasteiger partial charge on any atom is 0.251 e. The Morgan fingerprint density at radius 3 is 2.61 bits per heavy atom. The minimum absolute atomic E-state index is 0.0278. The van der Waals surface area contributed by atoms with Gasteiger partial charge in [0, 0.05) is 23.1 Å². The van der Waals surface area contributed by atoms with Gasteiger partial charge in [-0.1, -0.05) is 58.5 Å². The van der Waals surface area contributed by atoms with E-state index in [1.165, 1.54) is 11.1 Å². The van der Waals surface area contributed by atoms with Gasteiger partial charge >= 0.3 is 0 Å². The fourth-order valence-electron chi connectivity index (χ4n) is 3.70. The van der Waals surface area contributed by atoms with Crippen LogP contribution in [-0.2, 0) is 11.8 Å². The van der Waals surface area contributed by atoms with Crippen LogP contribution in [0, 0.1) is 0 Å². The SMILES string of the molecule is C=C1CC(C)(C)c2[nH]c(=O)c(Cc3ccccc3C(C)C)cc21. The standard InChI is InChI=1S/C21H25NO/c1-13(2)17-9-7-6-8-15(17)10-16-11-18-14(3)12-21(4,5)19(18)22-20(16)23/h6-9,11,13H,3,10,12H2,1-2,4-5H3,(H,22,23). The van der Waals surface area contributed by atoms with Crippen molar-refractivity contribution in [3.63, 3.8) is 0 Å². The maximum absolute atomic E-state index is 12.6. The topological polar surface area (TPSA) is 32.9 Å². The average molecular weight is 307 g/mol. The van der Waals surface area contributed by atoms with Gasteiger partial charge in [-0.3, -0.25) is 4.79 Å². The minimum atomic E-state index is -0.0278. The number of allylic oxidation sites excluding steroid dienone is 1. The Morgan fingerprint density at radius 1 is 1.22 bits per heavy atom. The van der Waals surface area contributed by atoms with E-state index in [4.69, 9.17) is 0 Å². The van der Waals surface area contributed by atoms with E-state index in [0.717, 1.165) is 28.8 Å². The van der Waals surface area contributed by atoms with Crippen LogP contribution in [-0.4, -0.2) is 4.98 Å². The molecule has 1 aliphatic carbocycles. The Balaban J connectivity index is 2.05. The minimum Gasteiger partial charge on any atom is -0.325 e. The fraction of sp³-hybridized carbons (Fsp3) is 0.381. The van der Waals surface area contributed by atoms with Gasteiger partial charge in [0.1, 0.15) is 0 Å². The van der Waals surface area contributed by atoms with Crippen LogP contribution in [0.1, 0.15) is 68.0 Å². The van der Waals surface area contributed by atoms with Gasteiger partial charge in [0.05, 0.1) is 0 Å². The highest BCUT2D eigenvalue weighted by Crippen LogP contribution is 2.42. The summed E-state index contributed by atoms with van der Waals surface area (Å²) in [6, 6.07) is 10.5. The lowest BCUT2D eigenvalue weighted by molar-refractivity contribution is 0.543. The molecule has 0 aliphatic heterocycles. The average Bonchev–Trinajstić information content (AvgIpc) is 2.69. The predicted octanol–water partition coefficient (Wildman–Crippen LogP) is 4.78. The summed E-state index contributed by atoms with van der Waals surface area (Å²) in [6.45, 7) is 12.9. The summed E-state index contributed by atoms with van der Waals surface area (Å²) in [4.78, 5) is 15.7. The van der Waals surface area contributed by atoms with Gasteiger partial charge in [-0.2, -0.15) is 0 Å². The first-order chi connectivity index (χ1) is 10.8. The van der Waals surface area contributed by atoms with Crippen molar-refractivity contribution in [2.75, 3.05) is 0 Å². The largest absolute Gasteiger partial charge is 0.325 e. The van der Waals surface area contributed by atoms with Gasteiger partial charge in [-0.25, -0.2) is 0 Å². The van der Waals surface area contributed by atoms with Crippen molar-refractivity contribution in [2.24, 2.45) is 0 Å². The van der Waals surface area contributed by atoms with Crippen LogP contribution in [0.2, 0.25) is 0 Å². The van der Waals surface area contributed by atoms with Crippen LogP contribution in [0.4, 0.5) is 0 Å². The Hall–Kier alpha value is -2.09. The molecular weight excluding hydrogens is 282 g/mol. The summed E-state index contributed by atoms with van der Waals surface area (Å²) >= 11 is 0. The Kier molecular flexibility index (Phi) is 3.79. The van der Waals surface area contributed by atoms with Gasteiger partial charge in [0.15, 0.2) is 0 Å². The maximum atomic E-state index is 12.6. The molecule has 0 radical (unpaired) electrons. The number of hydrogen-bond acceptors (Lipinski definition) is 1. The van der Waals surface area contributed by atoms with E-state index < -0.39 is 0 Å². The zero-order valence-corrected chi connectivity index (χ0v) is 14.5. The number of aromatic amines is 1. The fourth-order valence-corrected chi connectivity index (χ4v) is 3.70. The molecule has 0 bridgehead atoms. The molecule has 120 valence electrons. The van der Waals surface area contributed by atoms with Crippen molar-refractivity contribution < 1.29 is 0 Å². The molecule has 1 aliphatic rings. The van der Waals surface area contributed by atoms with Crippen LogP contribution < -0.4 is 5.56 Å². The number of benzene rings is 1. The molecule has 3 rings (SSSR count). The number of hydrogen-bond donors (Lipinski definition) is 1. The third-order valence-corrected chi connectivity index (χ3v) is 4.89. The molecule has 2 heteroatoms. The van der Waals surface area contributed by atoms with Gasteiger partial charge in [-0.05, 0) is 40.7 Å². The quantitative estimate of drug-likeness (QED) is 0.869. The zero-order valence-electron chi connectivity index (χ0n) is 14.5. The van der Waals surface area contributed by atoms with E-state index in [2.05, 4.69) is 63.5 Å². The molecule has 1 aromatic carbocycles. The van der Waals surface area contributed by atoms with Crippen molar-refractivity contribution in [3.05, 3.63) is 75.2 Å². The monoisotopic (exact) mass is 307 g/mol. The highest BCUT2D eigenvalue weighted by molar-refractivity contribution is 5.72. The summed E-state index contributed by atoms with van der Waals surface area (Å²) in [5.41, 5.74) is 6.67. The lowest BCUT2D eigenvalue weighted by Gasteiger charge is -2.18. The van der Waals surface area contributed by atoms with Crippen molar-refractivity contribution in [1.82, 2.24) is 4.98 Å². The van der Waals surface area contributed by atoms with Gasteiger partial charge in [-0.15, -0.1) is 0 Å². The van der Waals surface area contributed by atoms with E-state index in [1.807, 2.05) is 6.07 Å². The van der Waals surface area contributed by atoms with Crippen LogP contribution in [0.5, 0.6) is 0 Å². The second kappa shape index (κ2) is 5.52. The van der Waals surface area contributed by atoms with Crippen molar-refractivity contribution in [2.45, 2.75) is 51.9 Å². The number of nitrogens with one attached hydrogen (secondary N) is 1. The van der Waals surface area contributed by atoms with Crippen LogP contribution in [0.15, 0.2) is 41.7 Å². The van der Waals surface area contributed by atoms with E-state index in [0.29, 0.717) is 12.3 Å². The van der Waals surface area contributed by atoms with Crippen molar-refractivity contribution in [3.8, 4) is 0 Å². The first kappa shape index (κ1) is 15.8. The second-order valence-corrected chi connectivity index (χ2v) is 7.61. The molecule has 0 unspecified atom stereocenters. The zero-order chi connectivity index (χ0) is 16.8. The van der Waals surface area contributed by atoms with Crippen LogP contribution >= 0.6 is 0 Å². The molecule has 1 aromatic heterocycles. The molecular formula is C21H25NO. The summed E-state index contributed by atoms with van der Waals surface area (Å²) in [6.07, 6.45) is 1.58. The third kappa shape index (κ3) is 2.78. The summed E-state index contributed by atoms with van der Waals surface area (Å²) < 4.78 is 0. The normalized spacial score (nSPS) is 16.0. The predicted molar refractivity (Wildman–Crippen MR) is 97.1 cm³/mol. The molecule has 0 amide bonds. The Morgan fingerprint density at radius 2 is 1.91 bits per heavy atom. The van der Waals surface area contributed by atoms with Crippen LogP contribution in [0.25, 0.3) is 5.57 Å². The first-order valence-electron chi connectivity index (χ1n) is 8.32. The molecule has 0 atom stereocenters. The Labute approximate surface area is 138 Å². The third-order valence-electron chi connectivity index (χ3n) is 4.89. The van der Waals surface area contributed by atoms with E-state index in [9.17, 15) is 4.79 Å². The number of H-pyrrole nitrogens is 1. The molecule has 2 nitrogen and oxygen atoms in total. The van der Waals surface area contributed by atoms with E-state index in [-0.39, 0.29) is 11.0 Å². The molecule has 1 N–H and O–H groups in total. The highest BCUT2D eigenvalue weighted by atomic mass is 16.1. The number of fused-ring (bicyclic) bond motifs is 1.